The van der Waals surface area contributed by atoms with Gasteiger partial charge in [0.25, 0.3) is 9.05 Å². The van der Waals surface area contributed by atoms with Gasteiger partial charge in [0.2, 0.25) is 0 Å². The minimum atomic E-state index is -3.68. The van der Waals surface area contributed by atoms with Crippen molar-refractivity contribution in [2.75, 3.05) is 5.73 Å². The molecule has 0 unspecified atom stereocenters. The van der Waals surface area contributed by atoms with Gasteiger partial charge in [-0.1, -0.05) is 0 Å². The molecule has 0 saturated heterocycles. The van der Waals surface area contributed by atoms with Crippen LogP contribution in [0.1, 0.15) is 2.85 Å². The number of nitrogen functional groups attached to an aromatic ring is 1. The van der Waals surface area contributed by atoms with Gasteiger partial charge < -0.3 is 8.59 Å². The van der Waals surface area contributed by atoms with Gasteiger partial charge in [-0.05, 0) is 18.2 Å². The Morgan fingerprint density at radius 1 is 1.36 bits per heavy atom. The zero-order valence-corrected chi connectivity index (χ0v) is 14.3. The summed E-state index contributed by atoms with van der Waals surface area (Å²) in [5.41, 5.74) is 5.71. The number of hydrogen-bond donors (Lipinski definition) is 2. The monoisotopic (exact) mass is 271 g/mol. The molecule has 0 amide bonds. The fourth-order valence-electron chi connectivity index (χ4n) is 0.684. The molecule has 8 heteroatoms. The summed E-state index contributed by atoms with van der Waals surface area (Å²) in [6.45, 7) is 0. The number of nitrogens with two attached hydrogens (primary N) is 1. The first-order valence-electron chi connectivity index (χ1n) is 2.94. The van der Waals surface area contributed by atoms with E-state index in [1.165, 1.54) is 18.2 Å². The van der Waals surface area contributed by atoms with Crippen LogP contribution in [0.15, 0.2) is 28.0 Å². The van der Waals surface area contributed by atoms with Crippen LogP contribution in [0.5, 0.6) is 0 Å². The van der Waals surface area contributed by atoms with E-state index in [1.54, 1.807) is 0 Å². The molecular formula is C6H8ClNNa2O2S2. The molecule has 0 heterocycles. The van der Waals surface area contributed by atoms with Gasteiger partial charge in [-0.2, -0.15) is 0 Å². The molecule has 0 aliphatic carbocycles. The Hall–Kier alpha value is 1.61. The molecule has 0 aliphatic heterocycles. The molecule has 0 aromatic heterocycles. The van der Waals surface area contributed by atoms with Crippen LogP contribution < -0.4 is 64.8 Å². The third-order valence-corrected chi connectivity index (χ3v) is 3.04. The largest absolute Gasteiger partial charge is 1.00 e. The molecule has 0 aliphatic rings. The second-order valence-electron chi connectivity index (χ2n) is 2.16. The maximum atomic E-state index is 10.8. The quantitative estimate of drug-likeness (QED) is 0.235. The number of rotatable bonds is 1. The molecule has 70 valence electrons. The molecule has 0 radical (unpaired) electrons. The minimum absolute atomic E-state index is 0. The predicted molar refractivity (Wildman–Crippen MR) is 53.4 cm³/mol. The second-order valence-corrected chi connectivity index (χ2v) is 5.21. The molecular weight excluding hydrogens is 264 g/mol. The minimum Gasteiger partial charge on any atom is -1.00 e. The van der Waals surface area contributed by atoms with Crippen LogP contribution in [0.4, 0.5) is 5.69 Å². The Balaban J connectivity index is -0.000000180. The van der Waals surface area contributed by atoms with Crippen LogP contribution in [0.3, 0.4) is 0 Å². The van der Waals surface area contributed by atoms with Crippen molar-refractivity contribution in [2.45, 2.75) is 9.79 Å². The molecule has 0 fully saturated rings. The van der Waals surface area contributed by atoms with E-state index in [4.69, 9.17) is 16.4 Å². The van der Waals surface area contributed by atoms with Crippen LogP contribution in [0.25, 0.3) is 0 Å². The summed E-state index contributed by atoms with van der Waals surface area (Å²) in [7, 11) is 1.39. The smallest absolute Gasteiger partial charge is 1.00 e. The maximum Gasteiger partial charge on any atom is 1.00 e. The van der Waals surface area contributed by atoms with Crippen molar-refractivity contribution >= 4 is 38.0 Å². The first-order chi connectivity index (χ1) is 5.41. The van der Waals surface area contributed by atoms with E-state index in [2.05, 4.69) is 12.6 Å². The van der Waals surface area contributed by atoms with E-state index >= 15 is 0 Å². The summed E-state index contributed by atoms with van der Waals surface area (Å²) in [5, 5.41) is 0. The van der Waals surface area contributed by atoms with E-state index in [9.17, 15) is 8.42 Å². The van der Waals surface area contributed by atoms with Crippen LogP contribution in [-0.2, 0) is 9.05 Å². The molecule has 0 saturated carbocycles. The number of hydrogen-bond acceptors (Lipinski definition) is 4. The summed E-state index contributed by atoms with van der Waals surface area (Å²) in [5.74, 6) is 0. The van der Waals surface area contributed by atoms with Gasteiger partial charge >= 0.3 is 59.1 Å². The third kappa shape index (κ3) is 5.09. The summed E-state index contributed by atoms with van der Waals surface area (Å²) in [6.07, 6.45) is 0. The third-order valence-electron chi connectivity index (χ3n) is 1.28. The van der Waals surface area contributed by atoms with Crippen molar-refractivity contribution in [2.24, 2.45) is 0 Å². The van der Waals surface area contributed by atoms with E-state index in [0.29, 0.717) is 10.6 Å². The van der Waals surface area contributed by atoms with Crippen molar-refractivity contribution in [3.8, 4) is 0 Å². The second kappa shape index (κ2) is 7.04. The van der Waals surface area contributed by atoms with Gasteiger partial charge in [0.1, 0.15) is 0 Å². The van der Waals surface area contributed by atoms with Gasteiger partial charge in [-0.25, -0.2) is 8.42 Å². The topological polar surface area (TPSA) is 60.2 Å². The first kappa shape index (κ1) is 18.0. The zero-order valence-electron chi connectivity index (χ0n) is 9.86. The van der Waals surface area contributed by atoms with E-state index < -0.39 is 9.05 Å². The SMILES string of the molecule is Nc1cc(S(=O)(=O)Cl)ccc1S.[H-].[H-].[Na+].[Na+]. The Labute approximate surface area is 140 Å². The Morgan fingerprint density at radius 2 is 1.86 bits per heavy atom. The van der Waals surface area contributed by atoms with Gasteiger partial charge in [0.15, 0.2) is 0 Å². The maximum absolute atomic E-state index is 10.8. The molecule has 0 atom stereocenters. The van der Waals surface area contributed by atoms with Gasteiger partial charge in [0, 0.05) is 21.3 Å². The van der Waals surface area contributed by atoms with Crippen LogP contribution in [0, 0.1) is 0 Å². The van der Waals surface area contributed by atoms with Gasteiger partial charge in [-0.15, -0.1) is 12.6 Å². The number of thiol groups is 1. The van der Waals surface area contributed by atoms with Crippen molar-refractivity contribution in [1.29, 1.82) is 0 Å². The van der Waals surface area contributed by atoms with Crippen molar-refractivity contribution in [3.05, 3.63) is 18.2 Å². The van der Waals surface area contributed by atoms with Crippen LogP contribution in [0.2, 0.25) is 0 Å². The molecule has 1 rings (SSSR count). The summed E-state index contributed by atoms with van der Waals surface area (Å²) in [4.78, 5) is 0.513. The summed E-state index contributed by atoms with van der Waals surface area (Å²) < 4.78 is 21.6. The van der Waals surface area contributed by atoms with Crippen molar-refractivity contribution in [1.82, 2.24) is 0 Å². The zero-order chi connectivity index (χ0) is 9.35. The average molecular weight is 272 g/mol. The average Bonchev–Trinajstić information content (AvgIpc) is 1.92. The number of benzene rings is 1. The Morgan fingerprint density at radius 3 is 2.21 bits per heavy atom. The Kier molecular flexibility index (Phi) is 9.04. The molecule has 0 spiro atoms. The number of halogens is 1. The standard InChI is InChI=1S/C6H6ClNO2S2.2Na.2H/c7-12(9,10)4-1-2-6(11)5(8)3-4;;;;/h1-3,11H,8H2;;;;/q;2*+1;2*-1. The summed E-state index contributed by atoms with van der Waals surface area (Å²) in [6, 6.07) is 4.10. The normalized spacial score (nSPS) is 9.86. The number of anilines is 1. The van der Waals surface area contributed by atoms with Crippen molar-refractivity contribution < 1.29 is 70.4 Å². The fourth-order valence-corrected chi connectivity index (χ4v) is 1.61. The van der Waals surface area contributed by atoms with Crippen LogP contribution in [-0.4, -0.2) is 8.42 Å². The van der Waals surface area contributed by atoms with E-state index in [1.807, 2.05) is 0 Å². The van der Waals surface area contributed by atoms with Gasteiger partial charge in [0.05, 0.1) is 4.90 Å². The molecule has 1 aromatic carbocycles. The molecule has 0 bridgehead atoms. The molecule has 3 nitrogen and oxygen atoms in total. The molecule has 1 aromatic rings. The van der Waals surface area contributed by atoms with Crippen molar-refractivity contribution in [3.63, 3.8) is 0 Å². The molecule has 14 heavy (non-hydrogen) atoms. The van der Waals surface area contributed by atoms with Gasteiger partial charge in [-0.3, -0.25) is 0 Å². The van der Waals surface area contributed by atoms with Crippen LogP contribution >= 0.6 is 23.3 Å². The van der Waals surface area contributed by atoms with E-state index in [-0.39, 0.29) is 66.9 Å². The first-order valence-corrected chi connectivity index (χ1v) is 5.70. The summed E-state index contributed by atoms with van der Waals surface area (Å²) >= 11 is 3.98. The fraction of sp³-hybridized carbons (Fsp3) is 0. The van der Waals surface area contributed by atoms with E-state index in [0.717, 1.165) is 0 Å². The predicted octanol–water partition coefficient (Wildman–Crippen LogP) is -4.28. The molecule has 2 N–H and O–H groups in total. The Bertz CT molecular complexity index is 419.